The van der Waals surface area contributed by atoms with Crippen molar-refractivity contribution in [2.24, 2.45) is 0 Å². The van der Waals surface area contributed by atoms with Crippen molar-refractivity contribution in [2.75, 3.05) is 0 Å². The summed E-state index contributed by atoms with van der Waals surface area (Å²) >= 11 is 0. The zero-order valence-electron chi connectivity index (χ0n) is 11.4. The molecule has 1 aliphatic heterocycles. The van der Waals surface area contributed by atoms with Gasteiger partial charge in [0.05, 0.1) is 0 Å². The maximum Gasteiger partial charge on any atom is 0.00702 e. The standard InChI is InChI=1S/C15H31N/c1-3-5-7-9-11-15-13-12-14(16-15)10-8-6-4-2/h14-16H,3-13H2,1-2H3/t14-,15+/m0/s1. The average molecular weight is 225 g/mol. The SMILES string of the molecule is CCCCCC[C@@H]1CC[C@H](CCCCC)N1. The van der Waals surface area contributed by atoms with E-state index in [0.29, 0.717) is 0 Å². The third-order valence-corrected chi connectivity index (χ3v) is 3.90. The molecule has 1 nitrogen and oxygen atoms in total. The Labute approximate surface area is 102 Å². The zero-order valence-corrected chi connectivity index (χ0v) is 11.4. The van der Waals surface area contributed by atoms with Crippen LogP contribution in [0.5, 0.6) is 0 Å². The van der Waals surface area contributed by atoms with Crippen molar-refractivity contribution in [3.8, 4) is 0 Å². The smallest absolute Gasteiger partial charge is 0.00702 e. The fourth-order valence-electron chi connectivity index (χ4n) is 2.82. The number of rotatable bonds is 9. The lowest BCUT2D eigenvalue weighted by Crippen LogP contribution is -2.29. The van der Waals surface area contributed by atoms with Gasteiger partial charge in [0.2, 0.25) is 0 Å². The predicted octanol–water partition coefficient (Wildman–Crippen LogP) is 4.66. The van der Waals surface area contributed by atoms with Gasteiger partial charge in [0, 0.05) is 12.1 Å². The molecule has 1 saturated heterocycles. The van der Waals surface area contributed by atoms with E-state index < -0.39 is 0 Å². The quantitative estimate of drug-likeness (QED) is 0.563. The van der Waals surface area contributed by atoms with Crippen molar-refractivity contribution in [2.45, 2.75) is 96.6 Å². The van der Waals surface area contributed by atoms with E-state index in [1.807, 2.05) is 0 Å². The summed E-state index contributed by atoms with van der Waals surface area (Å²) < 4.78 is 0. The summed E-state index contributed by atoms with van der Waals surface area (Å²) in [5.74, 6) is 0. The van der Waals surface area contributed by atoms with E-state index in [-0.39, 0.29) is 0 Å². The molecule has 1 heteroatoms. The second kappa shape index (κ2) is 9.04. The second-order valence-electron chi connectivity index (χ2n) is 5.48. The maximum atomic E-state index is 3.83. The van der Waals surface area contributed by atoms with Gasteiger partial charge in [-0.05, 0) is 25.7 Å². The Morgan fingerprint density at radius 2 is 1.25 bits per heavy atom. The summed E-state index contributed by atoms with van der Waals surface area (Å²) in [5.41, 5.74) is 0. The van der Waals surface area contributed by atoms with Crippen molar-refractivity contribution in [1.29, 1.82) is 0 Å². The zero-order chi connectivity index (χ0) is 11.6. The van der Waals surface area contributed by atoms with Crippen LogP contribution < -0.4 is 5.32 Å². The van der Waals surface area contributed by atoms with E-state index >= 15 is 0 Å². The van der Waals surface area contributed by atoms with Gasteiger partial charge in [0.25, 0.3) is 0 Å². The highest BCUT2D eigenvalue weighted by Gasteiger charge is 2.22. The summed E-state index contributed by atoms with van der Waals surface area (Å²) in [7, 11) is 0. The highest BCUT2D eigenvalue weighted by molar-refractivity contribution is 4.83. The second-order valence-corrected chi connectivity index (χ2v) is 5.48. The van der Waals surface area contributed by atoms with E-state index in [4.69, 9.17) is 0 Å². The minimum atomic E-state index is 0.850. The van der Waals surface area contributed by atoms with E-state index in [1.165, 1.54) is 70.6 Å². The van der Waals surface area contributed by atoms with Crippen LogP contribution in [0, 0.1) is 0 Å². The van der Waals surface area contributed by atoms with Crippen LogP contribution in [-0.4, -0.2) is 12.1 Å². The molecule has 1 aliphatic rings. The van der Waals surface area contributed by atoms with Crippen LogP contribution >= 0.6 is 0 Å². The minimum Gasteiger partial charge on any atom is -0.311 e. The normalized spacial score (nSPS) is 25.1. The van der Waals surface area contributed by atoms with Gasteiger partial charge in [-0.3, -0.25) is 0 Å². The van der Waals surface area contributed by atoms with Gasteiger partial charge in [-0.2, -0.15) is 0 Å². The molecule has 0 aromatic heterocycles. The highest BCUT2D eigenvalue weighted by atomic mass is 15.0. The van der Waals surface area contributed by atoms with Crippen LogP contribution in [0.1, 0.15) is 84.5 Å². The molecule has 0 amide bonds. The topological polar surface area (TPSA) is 12.0 Å². The van der Waals surface area contributed by atoms with E-state index in [0.717, 1.165) is 12.1 Å². The van der Waals surface area contributed by atoms with Crippen LogP contribution in [0.25, 0.3) is 0 Å². The van der Waals surface area contributed by atoms with E-state index in [1.54, 1.807) is 0 Å². The molecule has 0 unspecified atom stereocenters. The molecule has 0 aromatic carbocycles. The van der Waals surface area contributed by atoms with Gasteiger partial charge in [-0.25, -0.2) is 0 Å². The number of unbranched alkanes of at least 4 members (excludes halogenated alkanes) is 5. The fraction of sp³-hybridized carbons (Fsp3) is 1.00. The van der Waals surface area contributed by atoms with Gasteiger partial charge >= 0.3 is 0 Å². The fourth-order valence-corrected chi connectivity index (χ4v) is 2.82. The van der Waals surface area contributed by atoms with Crippen LogP contribution in [0.2, 0.25) is 0 Å². The Bertz CT molecular complexity index is 156. The van der Waals surface area contributed by atoms with Gasteiger partial charge in [-0.15, -0.1) is 0 Å². The summed E-state index contributed by atoms with van der Waals surface area (Å²) in [5, 5.41) is 3.83. The molecular weight excluding hydrogens is 194 g/mol. The van der Waals surface area contributed by atoms with Crippen molar-refractivity contribution in [3.05, 3.63) is 0 Å². The molecule has 0 radical (unpaired) electrons. The lowest BCUT2D eigenvalue weighted by Gasteiger charge is -2.14. The first-order valence-electron chi connectivity index (χ1n) is 7.62. The molecule has 0 aromatic rings. The number of nitrogens with one attached hydrogen (secondary N) is 1. The molecule has 1 rings (SSSR count). The molecular formula is C15H31N. The number of hydrogen-bond donors (Lipinski definition) is 1. The van der Waals surface area contributed by atoms with Crippen molar-refractivity contribution >= 4 is 0 Å². The average Bonchev–Trinajstić information content (AvgIpc) is 2.73. The first-order chi connectivity index (χ1) is 7.86. The first-order valence-corrected chi connectivity index (χ1v) is 7.62. The Hall–Kier alpha value is -0.0400. The third kappa shape index (κ3) is 5.89. The van der Waals surface area contributed by atoms with Gasteiger partial charge in [0.15, 0.2) is 0 Å². The van der Waals surface area contributed by atoms with Crippen molar-refractivity contribution in [3.63, 3.8) is 0 Å². The molecule has 0 spiro atoms. The van der Waals surface area contributed by atoms with Crippen LogP contribution in [0.3, 0.4) is 0 Å². The lowest BCUT2D eigenvalue weighted by molar-refractivity contribution is 0.459. The summed E-state index contributed by atoms with van der Waals surface area (Å²) in [6.45, 7) is 4.58. The molecule has 16 heavy (non-hydrogen) atoms. The Balaban J connectivity index is 1.97. The summed E-state index contributed by atoms with van der Waals surface area (Å²) in [6.07, 6.45) is 15.6. The Morgan fingerprint density at radius 3 is 1.81 bits per heavy atom. The predicted molar refractivity (Wildman–Crippen MR) is 72.8 cm³/mol. The van der Waals surface area contributed by atoms with E-state index in [2.05, 4.69) is 19.2 Å². The van der Waals surface area contributed by atoms with Crippen LogP contribution in [0.15, 0.2) is 0 Å². The molecule has 96 valence electrons. The minimum absolute atomic E-state index is 0.850. The summed E-state index contributed by atoms with van der Waals surface area (Å²) in [4.78, 5) is 0. The molecule has 1 heterocycles. The van der Waals surface area contributed by atoms with Crippen LogP contribution in [-0.2, 0) is 0 Å². The number of hydrogen-bond acceptors (Lipinski definition) is 1. The van der Waals surface area contributed by atoms with Crippen molar-refractivity contribution < 1.29 is 0 Å². The molecule has 1 fully saturated rings. The van der Waals surface area contributed by atoms with Gasteiger partial charge in [-0.1, -0.05) is 58.8 Å². The largest absolute Gasteiger partial charge is 0.311 e. The molecule has 2 atom stereocenters. The monoisotopic (exact) mass is 225 g/mol. The first kappa shape index (κ1) is 14.0. The molecule has 0 aliphatic carbocycles. The summed E-state index contributed by atoms with van der Waals surface area (Å²) in [6, 6.07) is 1.70. The Morgan fingerprint density at radius 1 is 0.750 bits per heavy atom. The molecule has 1 N–H and O–H groups in total. The van der Waals surface area contributed by atoms with Gasteiger partial charge < -0.3 is 5.32 Å². The van der Waals surface area contributed by atoms with E-state index in [9.17, 15) is 0 Å². The van der Waals surface area contributed by atoms with Crippen LogP contribution in [0.4, 0.5) is 0 Å². The highest BCUT2D eigenvalue weighted by Crippen LogP contribution is 2.21. The lowest BCUT2D eigenvalue weighted by atomic mass is 10.1. The Kier molecular flexibility index (Phi) is 7.92. The molecule has 0 bridgehead atoms. The third-order valence-electron chi connectivity index (χ3n) is 3.90. The van der Waals surface area contributed by atoms with Gasteiger partial charge in [0.1, 0.15) is 0 Å². The van der Waals surface area contributed by atoms with Crippen molar-refractivity contribution in [1.82, 2.24) is 5.32 Å². The molecule has 0 saturated carbocycles. The maximum absolute atomic E-state index is 3.83.